The van der Waals surface area contributed by atoms with Gasteiger partial charge in [-0.05, 0) is 30.6 Å². The van der Waals surface area contributed by atoms with E-state index in [9.17, 15) is 4.39 Å². The molecule has 0 bridgehead atoms. The molecule has 6 nitrogen and oxygen atoms in total. The molecule has 0 saturated heterocycles. The Bertz CT molecular complexity index is 728. The Hall–Kier alpha value is -2.35. The molecule has 0 unspecified atom stereocenters. The van der Waals surface area contributed by atoms with Gasteiger partial charge in [0.15, 0.2) is 18.2 Å². The monoisotopic (exact) mass is 292 g/mol. The van der Waals surface area contributed by atoms with Gasteiger partial charge < -0.3 is 9.26 Å². The maximum absolute atomic E-state index is 13.4. The van der Waals surface area contributed by atoms with Crippen LogP contribution in [-0.4, -0.2) is 19.7 Å². The van der Waals surface area contributed by atoms with Crippen molar-refractivity contribution in [3.63, 3.8) is 0 Å². The molecule has 3 aromatic rings. The van der Waals surface area contributed by atoms with Crippen molar-refractivity contribution in [2.24, 2.45) is 0 Å². The standard InChI is InChI=1S/C12H9FN4O2S/c1-7-11(20-17-15-7)12-14-10(16-19-12)6-18-9-5-3-2-4-8(9)13/h2-5H,6H2,1H3. The van der Waals surface area contributed by atoms with Crippen molar-refractivity contribution < 1.29 is 13.7 Å². The smallest absolute Gasteiger partial charge is 0.271 e. The molecule has 0 fully saturated rings. The Morgan fingerprint density at radius 2 is 2.20 bits per heavy atom. The summed E-state index contributed by atoms with van der Waals surface area (Å²) in [6.07, 6.45) is 0. The van der Waals surface area contributed by atoms with E-state index in [1.54, 1.807) is 19.1 Å². The number of para-hydroxylation sites is 1. The highest BCUT2D eigenvalue weighted by molar-refractivity contribution is 7.09. The van der Waals surface area contributed by atoms with Crippen molar-refractivity contribution in [3.05, 3.63) is 41.6 Å². The Morgan fingerprint density at radius 3 is 2.95 bits per heavy atom. The molecule has 0 amide bonds. The minimum atomic E-state index is -0.432. The lowest BCUT2D eigenvalue weighted by Crippen LogP contribution is -1.99. The molecule has 0 atom stereocenters. The number of ether oxygens (including phenoxy) is 1. The Morgan fingerprint density at radius 1 is 1.35 bits per heavy atom. The maximum Gasteiger partial charge on any atom is 0.271 e. The van der Waals surface area contributed by atoms with Crippen molar-refractivity contribution in [1.29, 1.82) is 0 Å². The molecule has 2 aromatic heterocycles. The number of hydrogen-bond acceptors (Lipinski definition) is 7. The van der Waals surface area contributed by atoms with E-state index in [0.717, 1.165) is 10.6 Å². The lowest BCUT2D eigenvalue weighted by atomic mass is 10.3. The molecule has 1 aromatic carbocycles. The molecule has 0 aliphatic rings. The molecule has 8 heteroatoms. The number of nitrogens with zero attached hydrogens (tertiary/aromatic N) is 4. The van der Waals surface area contributed by atoms with Gasteiger partial charge in [0, 0.05) is 0 Å². The van der Waals surface area contributed by atoms with E-state index in [4.69, 9.17) is 9.26 Å². The largest absolute Gasteiger partial charge is 0.482 e. The average molecular weight is 292 g/mol. The Labute approximate surface area is 117 Å². The SMILES string of the molecule is Cc1nnsc1-c1nc(COc2ccccc2F)no1. The first-order chi connectivity index (χ1) is 9.74. The predicted molar refractivity (Wildman–Crippen MR) is 68.7 cm³/mol. The molecular formula is C12H9FN4O2S. The van der Waals surface area contributed by atoms with Crippen molar-refractivity contribution in [2.45, 2.75) is 13.5 Å². The van der Waals surface area contributed by atoms with Crippen LogP contribution in [0.2, 0.25) is 0 Å². The van der Waals surface area contributed by atoms with Gasteiger partial charge in [0.25, 0.3) is 5.89 Å². The van der Waals surface area contributed by atoms with Crippen molar-refractivity contribution in [2.75, 3.05) is 0 Å². The second-order valence-corrected chi connectivity index (χ2v) is 4.68. The molecule has 0 aliphatic heterocycles. The summed E-state index contributed by atoms with van der Waals surface area (Å²) in [5.41, 5.74) is 0.722. The second-order valence-electron chi connectivity index (χ2n) is 3.92. The van der Waals surface area contributed by atoms with Gasteiger partial charge in [-0.1, -0.05) is 21.8 Å². The van der Waals surface area contributed by atoms with Crippen LogP contribution in [0, 0.1) is 12.7 Å². The molecule has 102 valence electrons. The summed E-state index contributed by atoms with van der Waals surface area (Å²) in [7, 11) is 0. The van der Waals surface area contributed by atoms with Crippen LogP contribution in [0.15, 0.2) is 28.8 Å². The lowest BCUT2D eigenvalue weighted by Gasteiger charge is -2.03. The van der Waals surface area contributed by atoms with Crippen LogP contribution in [0.1, 0.15) is 11.5 Å². The molecule has 2 heterocycles. The zero-order valence-electron chi connectivity index (χ0n) is 10.4. The minimum Gasteiger partial charge on any atom is -0.482 e. The molecule has 0 saturated carbocycles. The average Bonchev–Trinajstić information content (AvgIpc) is 3.06. The third kappa shape index (κ3) is 2.50. The summed E-state index contributed by atoms with van der Waals surface area (Å²) >= 11 is 1.17. The number of benzene rings is 1. The summed E-state index contributed by atoms with van der Waals surface area (Å²) in [6.45, 7) is 1.83. The third-order valence-electron chi connectivity index (χ3n) is 2.51. The minimum absolute atomic E-state index is 0.0235. The molecule has 20 heavy (non-hydrogen) atoms. The number of hydrogen-bond donors (Lipinski definition) is 0. The highest BCUT2D eigenvalue weighted by Gasteiger charge is 2.15. The van der Waals surface area contributed by atoms with Gasteiger partial charge in [0.05, 0.1) is 5.69 Å². The van der Waals surface area contributed by atoms with E-state index in [2.05, 4.69) is 19.7 Å². The van der Waals surface area contributed by atoms with Crippen LogP contribution in [0.4, 0.5) is 4.39 Å². The molecule has 0 aliphatic carbocycles. The van der Waals surface area contributed by atoms with Crippen LogP contribution in [-0.2, 0) is 6.61 Å². The first kappa shape index (κ1) is 12.7. The Kier molecular flexibility index (Phi) is 3.38. The summed E-state index contributed by atoms with van der Waals surface area (Å²) in [6, 6.07) is 6.14. The fourth-order valence-electron chi connectivity index (χ4n) is 1.54. The van der Waals surface area contributed by atoms with Crippen LogP contribution in [0.5, 0.6) is 5.75 Å². The Balaban J connectivity index is 1.72. The summed E-state index contributed by atoms with van der Waals surface area (Å²) < 4.78 is 27.6. The van der Waals surface area contributed by atoms with Crippen LogP contribution in [0.25, 0.3) is 10.8 Å². The van der Waals surface area contributed by atoms with Gasteiger partial charge in [-0.15, -0.1) is 5.10 Å². The highest BCUT2D eigenvalue weighted by Crippen LogP contribution is 2.24. The summed E-state index contributed by atoms with van der Waals surface area (Å²) in [5.74, 6) is 0.383. The van der Waals surface area contributed by atoms with Crippen molar-refractivity contribution in [3.8, 4) is 16.5 Å². The highest BCUT2D eigenvalue weighted by atomic mass is 32.1. The molecular weight excluding hydrogens is 283 g/mol. The van der Waals surface area contributed by atoms with Gasteiger partial charge in [0.2, 0.25) is 5.82 Å². The van der Waals surface area contributed by atoms with Crippen molar-refractivity contribution in [1.82, 2.24) is 19.7 Å². The number of aryl methyl sites for hydroxylation is 1. The first-order valence-electron chi connectivity index (χ1n) is 5.73. The van der Waals surface area contributed by atoms with Gasteiger partial charge in [-0.25, -0.2) is 4.39 Å². The van der Waals surface area contributed by atoms with E-state index in [1.165, 1.54) is 23.7 Å². The van der Waals surface area contributed by atoms with E-state index < -0.39 is 5.82 Å². The fraction of sp³-hybridized carbons (Fsp3) is 0.167. The third-order valence-corrected chi connectivity index (χ3v) is 3.32. The number of aromatic nitrogens is 4. The van der Waals surface area contributed by atoms with E-state index >= 15 is 0 Å². The molecule has 0 spiro atoms. The van der Waals surface area contributed by atoms with E-state index in [1.807, 2.05) is 0 Å². The van der Waals surface area contributed by atoms with E-state index in [-0.39, 0.29) is 12.4 Å². The lowest BCUT2D eigenvalue weighted by molar-refractivity contribution is 0.274. The zero-order chi connectivity index (χ0) is 13.9. The molecule has 3 rings (SSSR count). The fourth-order valence-corrected chi connectivity index (χ4v) is 2.12. The van der Waals surface area contributed by atoms with Gasteiger partial charge in [-0.2, -0.15) is 4.98 Å². The number of rotatable bonds is 4. The van der Waals surface area contributed by atoms with Crippen LogP contribution in [0.3, 0.4) is 0 Å². The predicted octanol–water partition coefficient (Wildman–Crippen LogP) is 2.61. The maximum atomic E-state index is 13.4. The molecule has 0 radical (unpaired) electrons. The quantitative estimate of drug-likeness (QED) is 0.736. The first-order valence-corrected chi connectivity index (χ1v) is 6.50. The number of halogens is 1. The zero-order valence-corrected chi connectivity index (χ0v) is 11.2. The van der Waals surface area contributed by atoms with Crippen LogP contribution >= 0.6 is 11.5 Å². The van der Waals surface area contributed by atoms with Crippen LogP contribution < -0.4 is 4.74 Å². The van der Waals surface area contributed by atoms with E-state index in [0.29, 0.717) is 11.7 Å². The second kappa shape index (κ2) is 5.33. The summed E-state index contributed by atoms with van der Waals surface area (Å²) in [5, 5.41) is 7.64. The van der Waals surface area contributed by atoms with Gasteiger partial charge >= 0.3 is 0 Å². The molecule has 0 N–H and O–H groups in total. The topological polar surface area (TPSA) is 73.9 Å². The van der Waals surface area contributed by atoms with Gasteiger partial charge in [0.1, 0.15) is 4.88 Å². The van der Waals surface area contributed by atoms with Gasteiger partial charge in [-0.3, -0.25) is 0 Å². The normalized spacial score (nSPS) is 10.7. The summed E-state index contributed by atoms with van der Waals surface area (Å²) in [4.78, 5) is 4.88. The van der Waals surface area contributed by atoms with Crippen molar-refractivity contribution >= 4 is 11.5 Å².